The molecule has 0 radical (unpaired) electrons. The highest BCUT2D eigenvalue weighted by Gasteiger charge is 2.40. The van der Waals surface area contributed by atoms with Crippen molar-refractivity contribution >= 4 is 14.2 Å². The first-order valence-corrected chi connectivity index (χ1v) is 11.6. The Balaban J connectivity index is 2.45. The summed E-state index contributed by atoms with van der Waals surface area (Å²) in [7, 11) is -1.88. The highest BCUT2D eigenvalue weighted by atomic mass is 28.4. The van der Waals surface area contributed by atoms with E-state index in [0.717, 1.165) is 6.54 Å². The van der Waals surface area contributed by atoms with Crippen LogP contribution in [-0.4, -0.2) is 32.9 Å². The molecule has 0 aromatic heterocycles. The smallest absolute Gasteiger partial charge is 0.242 e. The number of nitrogens with one attached hydrogen (secondary N) is 1. The van der Waals surface area contributed by atoms with E-state index in [4.69, 9.17) is 10.2 Å². The molecule has 0 saturated heterocycles. The summed E-state index contributed by atoms with van der Waals surface area (Å²) in [6, 6.07) is 0. The van der Waals surface area contributed by atoms with Crippen LogP contribution in [-0.2, 0) is 9.22 Å². The van der Waals surface area contributed by atoms with Crippen molar-refractivity contribution in [1.82, 2.24) is 5.32 Å². The lowest BCUT2D eigenvalue weighted by Crippen LogP contribution is -2.58. The molecule has 1 saturated carbocycles. The minimum absolute atomic E-state index is 0.0863. The van der Waals surface area contributed by atoms with Crippen molar-refractivity contribution < 1.29 is 9.22 Å². The standard InChI is InChI=1S/C17H36N2O2Si/c1-16(2,3)22(5,6)21-13-17(4,18)15(20)19-12-14-10-8-7-9-11-14/h14H,7-13,18H2,1-6H3,(H,19,20)/t17-/m0/s1. The largest absolute Gasteiger partial charge is 0.414 e. The summed E-state index contributed by atoms with van der Waals surface area (Å²) in [4.78, 5) is 12.4. The first kappa shape index (κ1) is 19.7. The van der Waals surface area contributed by atoms with Gasteiger partial charge < -0.3 is 15.5 Å². The predicted molar refractivity (Wildman–Crippen MR) is 95.3 cm³/mol. The van der Waals surface area contributed by atoms with Crippen molar-refractivity contribution in [3.8, 4) is 0 Å². The molecule has 22 heavy (non-hydrogen) atoms. The Morgan fingerprint density at radius 3 is 2.23 bits per heavy atom. The molecule has 0 spiro atoms. The molecule has 0 aliphatic heterocycles. The van der Waals surface area contributed by atoms with Crippen LogP contribution in [0.4, 0.5) is 0 Å². The third kappa shape index (κ3) is 5.67. The van der Waals surface area contributed by atoms with E-state index in [-0.39, 0.29) is 10.9 Å². The lowest BCUT2D eigenvalue weighted by molar-refractivity contribution is -0.127. The van der Waals surface area contributed by atoms with Gasteiger partial charge in [-0.05, 0) is 43.8 Å². The Labute approximate surface area is 137 Å². The molecule has 1 amide bonds. The summed E-state index contributed by atoms with van der Waals surface area (Å²) in [5.74, 6) is 0.534. The van der Waals surface area contributed by atoms with Gasteiger partial charge >= 0.3 is 0 Å². The predicted octanol–water partition coefficient (Wildman–Crippen LogP) is 3.42. The van der Waals surface area contributed by atoms with Gasteiger partial charge in [0.2, 0.25) is 5.91 Å². The molecule has 5 heteroatoms. The van der Waals surface area contributed by atoms with E-state index < -0.39 is 13.9 Å². The molecule has 1 aliphatic carbocycles. The molecule has 0 unspecified atom stereocenters. The Bertz CT molecular complexity index is 369. The zero-order valence-electron chi connectivity index (χ0n) is 15.4. The second-order valence-corrected chi connectivity index (χ2v) is 13.5. The van der Waals surface area contributed by atoms with Crippen molar-refractivity contribution in [3.05, 3.63) is 0 Å². The van der Waals surface area contributed by atoms with Crippen LogP contribution < -0.4 is 11.1 Å². The normalized spacial score (nSPS) is 20.5. The van der Waals surface area contributed by atoms with Gasteiger partial charge in [0.05, 0.1) is 6.61 Å². The third-order valence-corrected chi connectivity index (χ3v) is 9.81. The minimum atomic E-state index is -1.88. The Morgan fingerprint density at radius 2 is 1.73 bits per heavy atom. The summed E-state index contributed by atoms with van der Waals surface area (Å²) < 4.78 is 6.12. The summed E-state index contributed by atoms with van der Waals surface area (Å²) in [6.07, 6.45) is 6.35. The number of rotatable bonds is 6. The van der Waals surface area contributed by atoms with Crippen molar-refractivity contribution in [2.75, 3.05) is 13.2 Å². The molecular weight excluding hydrogens is 292 g/mol. The van der Waals surface area contributed by atoms with Crippen LogP contribution in [0.3, 0.4) is 0 Å². The number of hydrogen-bond acceptors (Lipinski definition) is 3. The van der Waals surface area contributed by atoms with Gasteiger partial charge in [0.25, 0.3) is 0 Å². The molecule has 0 heterocycles. The SMILES string of the molecule is CC(C)(C)[Si](C)(C)OC[C@](C)(N)C(=O)NCC1CCCCC1. The van der Waals surface area contributed by atoms with E-state index >= 15 is 0 Å². The molecule has 0 aromatic rings. The molecule has 1 aliphatic rings. The van der Waals surface area contributed by atoms with Crippen LogP contribution in [0, 0.1) is 5.92 Å². The van der Waals surface area contributed by atoms with Crippen molar-refractivity contribution in [1.29, 1.82) is 0 Å². The van der Waals surface area contributed by atoms with Crippen LogP contribution >= 0.6 is 0 Å². The Hall–Kier alpha value is -0.393. The Kier molecular flexibility index (Phi) is 6.66. The second-order valence-electron chi connectivity index (χ2n) is 8.68. The fraction of sp³-hybridized carbons (Fsp3) is 0.941. The molecule has 1 fully saturated rings. The monoisotopic (exact) mass is 328 g/mol. The number of carbonyl (C=O) groups is 1. The number of carbonyl (C=O) groups excluding carboxylic acids is 1. The van der Waals surface area contributed by atoms with Crippen molar-refractivity contribution in [2.24, 2.45) is 11.7 Å². The van der Waals surface area contributed by atoms with E-state index in [1.807, 2.05) is 0 Å². The first-order chi connectivity index (χ1) is 9.96. The van der Waals surface area contributed by atoms with Crippen LogP contribution in [0.1, 0.15) is 59.8 Å². The van der Waals surface area contributed by atoms with Gasteiger partial charge in [0, 0.05) is 6.54 Å². The number of amides is 1. The fourth-order valence-corrected chi connectivity index (χ4v) is 3.54. The molecule has 0 bridgehead atoms. The maximum absolute atomic E-state index is 12.4. The van der Waals surface area contributed by atoms with Gasteiger partial charge in [0.15, 0.2) is 8.32 Å². The van der Waals surface area contributed by atoms with Gasteiger partial charge in [-0.1, -0.05) is 40.0 Å². The van der Waals surface area contributed by atoms with E-state index in [9.17, 15) is 4.79 Å². The number of hydrogen-bond donors (Lipinski definition) is 2. The zero-order valence-corrected chi connectivity index (χ0v) is 16.4. The molecule has 1 atom stereocenters. The average molecular weight is 329 g/mol. The summed E-state index contributed by atoms with van der Waals surface area (Å²) in [6.45, 7) is 13.8. The van der Waals surface area contributed by atoms with Crippen LogP contribution in [0.25, 0.3) is 0 Å². The van der Waals surface area contributed by atoms with Crippen molar-refractivity contribution in [2.45, 2.75) is 83.5 Å². The molecule has 130 valence electrons. The van der Waals surface area contributed by atoms with Gasteiger partial charge in [-0.3, -0.25) is 4.79 Å². The van der Waals surface area contributed by atoms with Crippen LogP contribution in [0.5, 0.6) is 0 Å². The quantitative estimate of drug-likeness (QED) is 0.734. The third-order valence-electron chi connectivity index (χ3n) is 5.33. The van der Waals surface area contributed by atoms with E-state index in [1.165, 1.54) is 32.1 Å². The number of nitrogens with two attached hydrogens (primary N) is 1. The van der Waals surface area contributed by atoms with E-state index in [1.54, 1.807) is 6.92 Å². The zero-order chi connectivity index (χ0) is 17.0. The van der Waals surface area contributed by atoms with Crippen molar-refractivity contribution in [3.63, 3.8) is 0 Å². The van der Waals surface area contributed by atoms with Crippen LogP contribution in [0.15, 0.2) is 0 Å². The van der Waals surface area contributed by atoms with Gasteiger partial charge in [-0.15, -0.1) is 0 Å². The minimum Gasteiger partial charge on any atom is -0.414 e. The van der Waals surface area contributed by atoms with Gasteiger partial charge in [0.1, 0.15) is 5.54 Å². The topological polar surface area (TPSA) is 64.3 Å². The first-order valence-electron chi connectivity index (χ1n) is 8.67. The summed E-state index contributed by atoms with van der Waals surface area (Å²) in [5, 5.41) is 3.17. The summed E-state index contributed by atoms with van der Waals surface area (Å²) >= 11 is 0. The molecule has 1 rings (SSSR count). The summed E-state index contributed by atoms with van der Waals surface area (Å²) in [5.41, 5.74) is 5.26. The maximum atomic E-state index is 12.4. The van der Waals surface area contributed by atoms with Gasteiger partial charge in [-0.2, -0.15) is 0 Å². The lowest BCUT2D eigenvalue weighted by Gasteiger charge is -2.38. The average Bonchev–Trinajstić information content (AvgIpc) is 2.42. The molecule has 0 aromatic carbocycles. The van der Waals surface area contributed by atoms with E-state index in [2.05, 4.69) is 39.2 Å². The lowest BCUT2D eigenvalue weighted by atomic mass is 9.89. The molecule has 3 N–H and O–H groups in total. The maximum Gasteiger partial charge on any atom is 0.242 e. The Morgan fingerprint density at radius 1 is 1.18 bits per heavy atom. The fourth-order valence-electron chi connectivity index (χ4n) is 2.44. The molecular formula is C17H36N2O2Si. The highest BCUT2D eigenvalue weighted by Crippen LogP contribution is 2.36. The second kappa shape index (κ2) is 7.45. The van der Waals surface area contributed by atoms with Gasteiger partial charge in [-0.25, -0.2) is 0 Å². The van der Waals surface area contributed by atoms with Crippen LogP contribution in [0.2, 0.25) is 18.1 Å². The molecule has 4 nitrogen and oxygen atoms in total. The highest BCUT2D eigenvalue weighted by molar-refractivity contribution is 6.74. The van der Waals surface area contributed by atoms with E-state index in [0.29, 0.717) is 12.5 Å².